The molecule has 2 heterocycles. The average molecular weight is 370 g/mol. The number of benzene rings is 2. The number of anilines is 2. The van der Waals surface area contributed by atoms with Crippen LogP contribution in [-0.4, -0.2) is 20.9 Å². The van der Waals surface area contributed by atoms with Gasteiger partial charge in [-0.1, -0.05) is 6.07 Å². The summed E-state index contributed by atoms with van der Waals surface area (Å²) in [7, 11) is -3.71. The topological polar surface area (TPSA) is 66.5 Å². The Balaban J connectivity index is 1.76. The number of sulfonamides is 1. The zero-order valence-electron chi connectivity index (χ0n) is 15.2. The van der Waals surface area contributed by atoms with Crippen molar-refractivity contribution in [1.29, 1.82) is 0 Å². The van der Waals surface area contributed by atoms with Crippen LogP contribution in [0.15, 0.2) is 35.2 Å². The molecule has 2 aromatic rings. The Morgan fingerprint density at radius 3 is 2.62 bits per heavy atom. The number of nitrogens with zero attached hydrogens (tertiary/aromatic N) is 1. The first kappa shape index (κ1) is 17.1. The molecule has 136 valence electrons. The van der Waals surface area contributed by atoms with Crippen molar-refractivity contribution in [3.8, 4) is 0 Å². The van der Waals surface area contributed by atoms with E-state index in [4.69, 9.17) is 0 Å². The van der Waals surface area contributed by atoms with Crippen molar-refractivity contribution >= 4 is 27.3 Å². The highest BCUT2D eigenvalue weighted by Gasteiger charge is 2.38. The lowest BCUT2D eigenvalue weighted by Gasteiger charge is -2.26. The zero-order valence-corrected chi connectivity index (χ0v) is 16.0. The maximum Gasteiger partial charge on any atom is 0.261 e. The van der Waals surface area contributed by atoms with Crippen LogP contribution in [0.5, 0.6) is 0 Å². The maximum absolute atomic E-state index is 12.9. The summed E-state index contributed by atoms with van der Waals surface area (Å²) in [6.07, 6.45) is 1.66. The molecule has 0 saturated carbocycles. The van der Waals surface area contributed by atoms with Crippen molar-refractivity contribution in [2.75, 3.05) is 16.2 Å². The van der Waals surface area contributed by atoms with Crippen molar-refractivity contribution in [3.63, 3.8) is 0 Å². The van der Waals surface area contributed by atoms with Crippen molar-refractivity contribution in [1.82, 2.24) is 0 Å². The van der Waals surface area contributed by atoms with Gasteiger partial charge in [0.25, 0.3) is 10.0 Å². The number of amides is 1. The largest absolute Gasteiger partial charge is 0.311 e. The number of aryl methyl sites for hydroxylation is 3. The molecule has 2 aliphatic rings. The number of rotatable bonds is 3. The van der Waals surface area contributed by atoms with E-state index in [2.05, 4.69) is 4.72 Å². The minimum Gasteiger partial charge on any atom is -0.311 e. The van der Waals surface area contributed by atoms with Crippen LogP contribution in [0.2, 0.25) is 0 Å². The molecule has 0 aromatic heterocycles. The molecule has 0 bridgehead atoms. The Morgan fingerprint density at radius 2 is 1.88 bits per heavy atom. The smallest absolute Gasteiger partial charge is 0.261 e. The number of carbonyl (C=O) groups excluding carboxylic acids is 1. The van der Waals surface area contributed by atoms with Crippen molar-refractivity contribution in [2.45, 2.75) is 44.4 Å². The highest BCUT2D eigenvalue weighted by molar-refractivity contribution is 7.92. The molecule has 6 heteroatoms. The van der Waals surface area contributed by atoms with Crippen LogP contribution in [0.3, 0.4) is 0 Å². The Kier molecular flexibility index (Phi) is 3.84. The molecular formula is C20H22N2O3S. The van der Waals surface area contributed by atoms with E-state index in [1.165, 1.54) is 0 Å². The normalized spacial score (nSPS) is 18.8. The van der Waals surface area contributed by atoms with E-state index in [1.54, 1.807) is 18.2 Å². The molecular weight excluding hydrogens is 348 g/mol. The zero-order chi connectivity index (χ0) is 18.6. The summed E-state index contributed by atoms with van der Waals surface area (Å²) in [4.78, 5) is 14.5. The van der Waals surface area contributed by atoms with Crippen LogP contribution < -0.4 is 9.62 Å². The predicted octanol–water partition coefficient (Wildman–Crippen LogP) is 3.50. The fraction of sp³-hybridized carbons (Fsp3) is 0.350. The average Bonchev–Trinajstić information content (AvgIpc) is 2.85. The Bertz CT molecular complexity index is 1030. The van der Waals surface area contributed by atoms with E-state index in [-0.39, 0.29) is 16.7 Å². The molecule has 5 nitrogen and oxygen atoms in total. The van der Waals surface area contributed by atoms with E-state index in [0.717, 1.165) is 47.3 Å². The quantitative estimate of drug-likeness (QED) is 0.899. The van der Waals surface area contributed by atoms with E-state index in [9.17, 15) is 13.2 Å². The Morgan fingerprint density at radius 1 is 1.12 bits per heavy atom. The third-order valence-corrected chi connectivity index (χ3v) is 6.82. The summed E-state index contributed by atoms with van der Waals surface area (Å²) in [6, 6.07) is 8.89. The van der Waals surface area contributed by atoms with Gasteiger partial charge in [0.15, 0.2) is 0 Å². The second-order valence-corrected chi connectivity index (χ2v) is 8.92. The molecule has 2 aromatic carbocycles. The van der Waals surface area contributed by atoms with Gasteiger partial charge in [0.05, 0.1) is 16.5 Å². The lowest BCUT2D eigenvalue weighted by molar-refractivity contribution is -0.119. The van der Waals surface area contributed by atoms with Gasteiger partial charge in [-0.2, -0.15) is 0 Å². The summed E-state index contributed by atoms with van der Waals surface area (Å²) in [5.74, 6) is -0.226. The number of nitrogens with one attached hydrogen (secondary N) is 1. The van der Waals surface area contributed by atoms with Gasteiger partial charge in [-0.3, -0.25) is 9.52 Å². The lowest BCUT2D eigenvalue weighted by Crippen LogP contribution is -2.32. The summed E-state index contributed by atoms with van der Waals surface area (Å²) in [6.45, 7) is 6.51. The second kappa shape index (κ2) is 5.84. The SMILES string of the molecule is Cc1ccc(NS(=O)(=O)c2cc3c4c(c2)C(C)C(=O)N4CCC3)cc1C. The molecule has 0 aliphatic carbocycles. The minimum absolute atomic E-state index is 0.0672. The number of hydrogen-bond acceptors (Lipinski definition) is 3. The van der Waals surface area contributed by atoms with Crippen LogP contribution in [0, 0.1) is 13.8 Å². The second-order valence-electron chi connectivity index (χ2n) is 7.24. The van der Waals surface area contributed by atoms with Crippen LogP contribution in [-0.2, 0) is 21.2 Å². The first-order chi connectivity index (χ1) is 12.3. The molecule has 1 N–H and O–H groups in total. The molecule has 26 heavy (non-hydrogen) atoms. The minimum atomic E-state index is -3.71. The molecule has 4 rings (SSSR count). The Hall–Kier alpha value is -2.34. The van der Waals surface area contributed by atoms with Gasteiger partial charge in [-0.15, -0.1) is 0 Å². The maximum atomic E-state index is 12.9. The van der Waals surface area contributed by atoms with Crippen LogP contribution in [0.1, 0.15) is 41.5 Å². The van der Waals surface area contributed by atoms with E-state index in [1.807, 2.05) is 37.8 Å². The standard InChI is InChI=1S/C20H22N2O3S/c1-12-6-7-16(9-13(12)2)21-26(24,25)17-10-15-5-4-8-22-19(15)18(11-17)14(3)20(22)23/h6-7,9-11,14,21H,4-5,8H2,1-3H3. The monoisotopic (exact) mass is 370 g/mol. The fourth-order valence-corrected chi connectivity index (χ4v) is 4.97. The van der Waals surface area contributed by atoms with Gasteiger partial charge in [-0.25, -0.2) is 8.42 Å². The highest BCUT2D eigenvalue weighted by atomic mass is 32.2. The van der Waals surface area contributed by atoms with Gasteiger partial charge in [-0.05, 0) is 80.1 Å². The Labute approximate surface area is 154 Å². The third kappa shape index (κ3) is 2.60. The van der Waals surface area contributed by atoms with Crippen molar-refractivity contribution in [3.05, 3.63) is 52.6 Å². The highest BCUT2D eigenvalue weighted by Crippen LogP contribution is 2.44. The van der Waals surface area contributed by atoms with Crippen LogP contribution in [0.4, 0.5) is 11.4 Å². The van der Waals surface area contributed by atoms with Gasteiger partial charge in [0.2, 0.25) is 5.91 Å². The van der Waals surface area contributed by atoms with Crippen LogP contribution >= 0.6 is 0 Å². The molecule has 0 fully saturated rings. The summed E-state index contributed by atoms with van der Waals surface area (Å²) >= 11 is 0. The van der Waals surface area contributed by atoms with Crippen molar-refractivity contribution in [2.24, 2.45) is 0 Å². The van der Waals surface area contributed by atoms with E-state index in [0.29, 0.717) is 5.69 Å². The molecule has 0 spiro atoms. The molecule has 2 aliphatic heterocycles. The van der Waals surface area contributed by atoms with Crippen LogP contribution in [0.25, 0.3) is 0 Å². The van der Waals surface area contributed by atoms with Gasteiger partial charge in [0.1, 0.15) is 0 Å². The molecule has 0 radical (unpaired) electrons. The first-order valence-electron chi connectivity index (χ1n) is 8.86. The van der Waals surface area contributed by atoms with E-state index < -0.39 is 10.0 Å². The summed E-state index contributed by atoms with van der Waals surface area (Å²) in [5, 5.41) is 0. The first-order valence-corrected chi connectivity index (χ1v) is 10.3. The molecule has 1 amide bonds. The molecule has 0 saturated heterocycles. The van der Waals surface area contributed by atoms with Crippen molar-refractivity contribution < 1.29 is 13.2 Å². The van der Waals surface area contributed by atoms with Gasteiger partial charge in [0, 0.05) is 12.2 Å². The summed E-state index contributed by atoms with van der Waals surface area (Å²) in [5.41, 5.74) is 5.40. The van der Waals surface area contributed by atoms with E-state index >= 15 is 0 Å². The predicted molar refractivity (Wildman–Crippen MR) is 102 cm³/mol. The summed E-state index contributed by atoms with van der Waals surface area (Å²) < 4.78 is 28.6. The fourth-order valence-electron chi connectivity index (χ4n) is 3.84. The molecule has 1 atom stereocenters. The van der Waals surface area contributed by atoms with Gasteiger partial charge >= 0.3 is 0 Å². The lowest BCUT2D eigenvalue weighted by atomic mass is 9.97. The molecule has 1 unspecified atom stereocenters. The number of carbonyl (C=O) groups is 1. The number of hydrogen-bond donors (Lipinski definition) is 1. The van der Waals surface area contributed by atoms with Gasteiger partial charge < -0.3 is 4.90 Å². The third-order valence-electron chi connectivity index (χ3n) is 5.46.